The van der Waals surface area contributed by atoms with Gasteiger partial charge < -0.3 is 8.83 Å². The molecule has 142 valence electrons. The van der Waals surface area contributed by atoms with Crippen LogP contribution in [0.25, 0.3) is 22.2 Å². The minimum absolute atomic E-state index is 0.456. The van der Waals surface area contributed by atoms with Crippen LogP contribution in [0, 0.1) is 0 Å². The van der Waals surface area contributed by atoms with Gasteiger partial charge in [-0.1, -0.05) is 23.7 Å². The van der Waals surface area contributed by atoms with Gasteiger partial charge in [-0.3, -0.25) is 4.90 Å². The van der Waals surface area contributed by atoms with Crippen LogP contribution < -0.4 is 0 Å². The molecule has 4 aromatic rings. The van der Waals surface area contributed by atoms with Crippen LogP contribution in [0.5, 0.6) is 0 Å². The van der Waals surface area contributed by atoms with Crippen molar-refractivity contribution in [1.82, 2.24) is 25.1 Å². The van der Waals surface area contributed by atoms with Crippen LogP contribution in [0.4, 0.5) is 0 Å². The SMILES string of the molecule is Clc1ccc(-c2coc3ncnc(Sc4nnc(CN5CCCC5)o4)c23)cc1. The van der Waals surface area contributed by atoms with Crippen molar-refractivity contribution in [2.24, 2.45) is 0 Å². The summed E-state index contributed by atoms with van der Waals surface area (Å²) in [5.41, 5.74) is 2.38. The highest BCUT2D eigenvalue weighted by atomic mass is 35.5. The van der Waals surface area contributed by atoms with E-state index < -0.39 is 0 Å². The quantitative estimate of drug-likeness (QED) is 0.436. The van der Waals surface area contributed by atoms with Crippen LogP contribution in [-0.4, -0.2) is 38.2 Å². The molecular weight excluding hydrogens is 398 g/mol. The topological polar surface area (TPSA) is 81.1 Å². The molecule has 0 unspecified atom stereocenters. The number of fused-ring (bicyclic) bond motifs is 1. The number of likely N-dealkylation sites (tertiary alicyclic amines) is 1. The van der Waals surface area contributed by atoms with E-state index in [1.807, 2.05) is 24.3 Å². The van der Waals surface area contributed by atoms with Crippen LogP contribution in [0.3, 0.4) is 0 Å². The van der Waals surface area contributed by atoms with Gasteiger partial charge in [-0.25, -0.2) is 9.97 Å². The third kappa shape index (κ3) is 3.50. The number of aromatic nitrogens is 4. The lowest BCUT2D eigenvalue weighted by molar-refractivity contribution is 0.278. The maximum atomic E-state index is 6.01. The molecule has 0 N–H and O–H groups in total. The molecule has 3 aromatic heterocycles. The molecule has 1 saturated heterocycles. The van der Waals surface area contributed by atoms with Crippen LogP contribution in [-0.2, 0) is 6.54 Å². The Bertz CT molecular complexity index is 1110. The summed E-state index contributed by atoms with van der Waals surface area (Å²) in [6.07, 6.45) is 5.60. The van der Waals surface area contributed by atoms with Crippen molar-refractivity contribution < 1.29 is 8.83 Å². The molecule has 7 nitrogen and oxygen atoms in total. The van der Waals surface area contributed by atoms with Crippen LogP contribution >= 0.6 is 23.4 Å². The number of hydrogen-bond donors (Lipinski definition) is 0. The van der Waals surface area contributed by atoms with Crippen LogP contribution in [0.15, 0.2) is 55.9 Å². The number of rotatable bonds is 5. The van der Waals surface area contributed by atoms with E-state index in [9.17, 15) is 0 Å². The Kier molecular flexibility index (Phi) is 4.76. The first-order valence-electron chi connectivity index (χ1n) is 8.97. The van der Waals surface area contributed by atoms with Crippen molar-refractivity contribution in [3.05, 3.63) is 47.8 Å². The van der Waals surface area contributed by atoms with Crippen LogP contribution in [0.2, 0.25) is 5.02 Å². The normalized spacial score (nSPS) is 14.9. The first kappa shape index (κ1) is 17.7. The highest BCUT2D eigenvalue weighted by Gasteiger charge is 2.19. The van der Waals surface area contributed by atoms with E-state index in [4.69, 9.17) is 20.4 Å². The van der Waals surface area contributed by atoms with Gasteiger partial charge in [0.05, 0.1) is 11.9 Å². The predicted octanol–water partition coefficient (Wildman–Crippen LogP) is 4.67. The van der Waals surface area contributed by atoms with E-state index in [-0.39, 0.29) is 0 Å². The summed E-state index contributed by atoms with van der Waals surface area (Å²) in [5, 5.41) is 11.0. The lowest BCUT2D eigenvalue weighted by atomic mass is 10.1. The molecule has 0 atom stereocenters. The zero-order valence-electron chi connectivity index (χ0n) is 14.8. The van der Waals surface area contributed by atoms with Gasteiger partial charge in [-0.05, 0) is 55.4 Å². The molecule has 0 saturated carbocycles. The first-order chi connectivity index (χ1) is 13.8. The average Bonchev–Trinajstić information content (AvgIpc) is 3.45. The molecule has 0 aliphatic carbocycles. The highest BCUT2D eigenvalue weighted by molar-refractivity contribution is 7.99. The van der Waals surface area contributed by atoms with Gasteiger partial charge in [0.25, 0.3) is 5.22 Å². The molecule has 1 aliphatic heterocycles. The van der Waals surface area contributed by atoms with E-state index in [2.05, 4.69) is 25.1 Å². The summed E-state index contributed by atoms with van der Waals surface area (Å²) < 4.78 is 11.5. The standard InChI is InChI=1S/C19H16ClN5O2S/c20-13-5-3-12(4-6-13)14-10-26-17-16(14)18(22-11-21-17)28-19-24-23-15(27-19)9-25-7-1-2-8-25/h3-6,10-11H,1-2,7-9H2. The summed E-state index contributed by atoms with van der Waals surface area (Å²) in [4.78, 5) is 11.0. The first-order valence-corrected chi connectivity index (χ1v) is 10.2. The maximum absolute atomic E-state index is 6.01. The van der Waals surface area contributed by atoms with Crippen molar-refractivity contribution in [2.45, 2.75) is 29.6 Å². The maximum Gasteiger partial charge on any atom is 0.283 e. The summed E-state index contributed by atoms with van der Waals surface area (Å²) in [7, 11) is 0. The Balaban J connectivity index is 1.45. The fourth-order valence-corrected chi connectivity index (χ4v) is 4.24. The third-order valence-electron chi connectivity index (χ3n) is 4.68. The fourth-order valence-electron chi connectivity index (χ4n) is 3.33. The Labute approximate surface area is 170 Å². The second-order valence-electron chi connectivity index (χ2n) is 6.56. The smallest absolute Gasteiger partial charge is 0.283 e. The van der Waals surface area contributed by atoms with Crippen molar-refractivity contribution in [3.8, 4) is 11.1 Å². The zero-order chi connectivity index (χ0) is 18.9. The molecule has 1 aliphatic rings. The average molecular weight is 414 g/mol. The fraction of sp³-hybridized carbons (Fsp3) is 0.263. The Morgan fingerprint density at radius 1 is 1.07 bits per heavy atom. The zero-order valence-corrected chi connectivity index (χ0v) is 16.4. The molecule has 0 radical (unpaired) electrons. The van der Waals surface area contributed by atoms with Gasteiger partial charge in [0.2, 0.25) is 11.6 Å². The summed E-state index contributed by atoms with van der Waals surface area (Å²) >= 11 is 7.33. The van der Waals surface area contributed by atoms with Gasteiger partial charge in [-0.2, -0.15) is 0 Å². The molecule has 5 rings (SSSR count). The molecule has 1 fully saturated rings. The molecule has 0 amide bonds. The number of hydrogen-bond acceptors (Lipinski definition) is 8. The van der Waals surface area contributed by atoms with Crippen molar-refractivity contribution in [2.75, 3.05) is 13.1 Å². The van der Waals surface area contributed by atoms with Gasteiger partial charge in [0, 0.05) is 10.6 Å². The Morgan fingerprint density at radius 2 is 1.89 bits per heavy atom. The van der Waals surface area contributed by atoms with Crippen LogP contribution in [0.1, 0.15) is 18.7 Å². The number of nitrogens with zero attached hydrogens (tertiary/aromatic N) is 5. The van der Waals surface area contributed by atoms with Crippen molar-refractivity contribution in [1.29, 1.82) is 0 Å². The minimum Gasteiger partial charge on any atom is -0.445 e. The largest absolute Gasteiger partial charge is 0.445 e. The van der Waals surface area contributed by atoms with E-state index in [1.54, 1.807) is 6.26 Å². The summed E-state index contributed by atoms with van der Waals surface area (Å²) in [5.74, 6) is 0.625. The van der Waals surface area contributed by atoms with E-state index >= 15 is 0 Å². The molecule has 0 spiro atoms. The second kappa shape index (κ2) is 7.54. The van der Waals surface area contributed by atoms with E-state index in [1.165, 1.54) is 30.9 Å². The summed E-state index contributed by atoms with van der Waals surface area (Å²) in [6.45, 7) is 2.85. The number of halogens is 1. The molecule has 28 heavy (non-hydrogen) atoms. The van der Waals surface area contributed by atoms with Crippen molar-refractivity contribution >= 4 is 34.5 Å². The number of benzene rings is 1. The van der Waals surface area contributed by atoms with E-state index in [0.717, 1.165) is 29.6 Å². The molecule has 9 heteroatoms. The van der Waals surface area contributed by atoms with Gasteiger partial charge in [0.15, 0.2) is 0 Å². The van der Waals surface area contributed by atoms with Gasteiger partial charge in [0.1, 0.15) is 17.6 Å². The molecule has 4 heterocycles. The Hall–Kier alpha value is -2.42. The Morgan fingerprint density at radius 3 is 2.71 bits per heavy atom. The molecular formula is C19H16ClN5O2S. The van der Waals surface area contributed by atoms with Crippen molar-refractivity contribution in [3.63, 3.8) is 0 Å². The summed E-state index contributed by atoms with van der Waals surface area (Å²) in [6, 6.07) is 7.56. The number of furan rings is 1. The third-order valence-corrected chi connectivity index (χ3v) is 5.77. The lowest BCUT2D eigenvalue weighted by Gasteiger charge is -2.10. The molecule has 0 bridgehead atoms. The van der Waals surface area contributed by atoms with E-state index in [0.29, 0.717) is 33.4 Å². The predicted molar refractivity (Wildman–Crippen MR) is 105 cm³/mol. The second-order valence-corrected chi connectivity index (χ2v) is 7.94. The highest BCUT2D eigenvalue weighted by Crippen LogP contribution is 2.38. The van der Waals surface area contributed by atoms with Gasteiger partial charge >= 0.3 is 0 Å². The lowest BCUT2D eigenvalue weighted by Crippen LogP contribution is -2.18. The van der Waals surface area contributed by atoms with Gasteiger partial charge in [-0.15, -0.1) is 10.2 Å². The molecule has 1 aromatic carbocycles. The minimum atomic E-state index is 0.456. The monoisotopic (exact) mass is 413 g/mol.